The molecule has 0 atom stereocenters. The first-order valence-electron chi connectivity index (χ1n) is 6.96. The lowest BCUT2D eigenvalue weighted by Gasteiger charge is -2.03. The van der Waals surface area contributed by atoms with Crippen LogP contribution in [0.3, 0.4) is 0 Å². The van der Waals surface area contributed by atoms with Crippen LogP contribution in [0.2, 0.25) is 0 Å². The highest BCUT2D eigenvalue weighted by Gasteiger charge is 2.68. The second-order valence-corrected chi connectivity index (χ2v) is 7.85. The lowest BCUT2D eigenvalue weighted by Crippen LogP contribution is -2.19. The Labute approximate surface area is 124 Å². The molecule has 0 N–H and O–H groups in total. The molecule has 0 bridgehead atoms. The van der Waals surface area contributed by atoms with E-state index in [-0.39, 0.29) is 22.7 Å². The highest BCUT2D eigenvalue weighted by atomic mass is 32.1. The van der Waals surface area contributed by atoms with Gasteiger partial charge in [-0.15, -0.1) is 11.3 Å². The van der Waals surface area contributed by atoms with Gasteiger partial charge in [-0.05, 0) is 17.8 Å². The number of hydrogen-bond acceptors (Lipinski definition) is 3. The predicted octanol–water partition coefficient (Wildman–Crippen LogP) is 2.61. The van der Waals surface area contributed by atoms with Crippen LogP contribution in [0, 0.1) is 23.7 Å². The van der Waals surface area contributed by atoms with E-state index in [2.05, 4.69) is 32.7 Å². The van der Waals surface area contributed by atoms with Crippen molar-refractivity contribution >= 4 is 17.2 Å². The molecule has 0 radical (unpaired) electrons. The summed E-state index contributed by atoms with van der Waals surface area (Å²) in [7, 11) is 1.68. The molecule has 0 aliphatic heterocycles. The zero-order valence-corrected chi connectivity index (χ0v) is 14.0. The average molecular weight is 296 g/mol. The smallest absolute Gasteiger partial charge is 0.252 e. The summed E-state index contributed by atoms with van der Waals surface area (Å²) in [6.45, 7) is 12.0. The van der Waals surface area contributed by atoms with E-state index < -0.39 is 0 Å². The second-order valence-electron chi connectivity index (χ2n) is 6.64. The highest BCUT2D eigenvalue weighted by molar-refractivity contribution is 7.09. The van der Waals surface area contributed by atoms with E-state index in [1.54, 1.807) is 18.4 Å². The van der Waals surface area contributed by atoms with Gasteiger partial charge in [0.15, 0.2) is 4.80 Å². The minimum atomic E-state index is 0.00742. The molecular weight excluding hydrogens is 272 g/mol. The van der Waals surface area contributed by atoms with Crippen LogP contribution in [-0.4, -0.2) is 24.2 Å². The quantitative estimate of drug-likeness (QED) is 0.857. The Bertz CT molecular complexity index is 567. The minimum Gasteiger partial charge on any atom is -0.383 e. The van der Waals surface area contributed by atoms with E-state index in [9.17, 15) is 4.79 Å². The SMILES string of the molecule is COCCn1cc(C)sc1=NC(=O)C1C(C)(C)C1(C)C. The lowest BCUT2D eigenvalue weighted by molar-refractivity contribution is -0.120. The second kappa shape index (κ2) is 5.11. The number of carbonyl (C=O) groups is 1. The van der Waals surface area contributed by atoms with Gasteiger partial charge in [0.05, 0.1) is 12.5 Å². The molecule has 1 fully saturated rings. The van der Waals surface area contributed by atoms with Crippen molar-refractivity contribution in [2.24, 2.45) is 21.7 Å². The fraction of sp³-hybridized carbons (Fsp3) is 0.733. The van der Waals surface area contributed by atoms with Crippen LogP contribution in [0.25, 0.3) is 0 Å². The van der Waals surface area contributed by atoms with Crippen molar-refractivity contribution in [3.8, 4) is 0 Å². The van der Waals surface area contributed by atoms with Gasteiger partial charge in [0, 0.05) is 24.7 Å². The van der Waals surface area contributed by atoms with Crippen LogP contribution in [-0.2, 0) is 16.1 Å². The van der Waals surface area contributed by atoms with Gasteiger partial charge < -0.3 is 9.30 Å². The molecule has 0 aromatic carbocycles. The molecule has 0 saturated heterocycles. The number of hydrogen-bond donors (Lipinski definition) is 0. The van der Waals surface area contributed by atoms with E-state index in [4.69, 9.17) is 4.74 Å². The maximum absolute atomic E-state index is 12.4. The summed E-state index contributed by atoms with van der Waals surface area (Å²) >= 11 is 1.56. The molecule has 1 amide bonds. The van der Waals surface area contributed by atoms with Gasteiger partial charge in [-0.25, -0.2) is 0 Å². The topological polar surface area (TPSA) is 43.6 Å². The van der Waals surface area contributed by atoms with Crippen molar-refractivity contribution in [1.82, 2.24) is 4.57 Å². The van der Waals surface area contributed by atoms with Crippen LogP contribution in [0.15, 0.2) is 11.2 Å². The standard InChI is InChI=1S/C15H24N2O2S/c1-10-9-17(7-8-19-6)13(20-10)16-12(18)11-14(2,3)15(11,4)5/h9,11H,7-8H2,1-6H3. The van der Waals surface area contributed by atoms with Crippen LogP contribution >= 0.6 is 11.3 Å². The van der Waals surface area contributed by atoms with Crippen LogP contribution < -0.4 is 4.80 Å². The number of amides is 1. The summed E-state index contributed by atoms with van der Waals surface area (Å²) in [4.78, 5) is 18.7. The fourth-order valence-electron chi connectivity index (χ4n) is 2.91. The Morgan fingerprint density at radius 2 is 2.00 bits per heavy atom. The zero-order chi connectivity index (χ0) is 15.1. The first-order chi connectivity index (χ1) is 9.21. The van der Waals surface area contributed by atoms with Crippen molar-refractivity contribution in [3.05, 3.63) is 15.9 Å². The third-order valence-electron chi connectivity index (χ3n) is 4.85. The maximum Gasteiger partial charge on any atom is 0.252 e. The first kappa shape index (κ1) is 15.4. The molecule has 4 nitrogen and oxygen atoms in total. The third-order valence-corrected chi connectivity index (χ3v) is 5.78. The highest BCUT2D eigenvalue weighted by Crippen LogP contribution is 2.68. The summed E-state index contributed by atoms with van der Waals surface area (Å²) in [5, 5.41) is 0. The Hall–Kier alpha value is -0.940. The van der Waals surface area contributed by atoms with Crippen molar-refractivity contribution in [1.29, 1.82) is 0 Å². The molecule has 1 aromatic heterocycles. The van der Waals surface area contributed by atoms with Gasteiger partial charge >= 0.3 is 0 Å². The average Bonchev–Trinajstić information content (AvgIpc) is 2.60. The number of carbonyl (C=O) groups excluding carboxylic acids is 1. The predicted molar refractivity (Wildman–Crippen MR) is 80.5 cm³/mol. The lowest BCUT2D eigenvalue weighted by atomic mass is 10.0. The summed E-state index contributed by atoms with van der Waals surface area (Å²) < 4.78 is 7.10. The maximum atomic E-state index is 12.4. The van der Waals surface area contributed by atoms with E-state index >= 15 is 0 Å². The molecule has 1 aromatic rings. The Morgan fingerprint density at radius 3 is 2.50 bits per heavy atom. The number of aryl methyl sites for hydroxylation is 1. The third kappa shape index (κ3) is 2.49. The van der Waals surface area contributed by atoms with E-state index in [1.165, 1.54) is 0 Å². The zero-order valence-electron chi connectivity index (χ0n) is 13.2. The normalized spacial score (nSPS) is 21.2. The molecular formula is C15H24N2O2S. The summed E-state index contributed by atoms with van der Waals surface area (Å²) in [6, 6.07) is 0. The van der Waals surface area contributed by atoms with Gasteiger partial charge in [-0.3, -0.25) is 4.79 Å². The van der Waals surface area contributed by atoms with Crippen LogP contribution in [0.5, 0.6) is 0 Å². The van der Waals surface area contributed by atoms with Gasteiger partial charge in [-0.1, -0.05) is 27.7 Å². The number of rotatable bonds is 4. The van der Waals surface area contributed by atoms with Crippen molar-refractivity contribution < 1.29 is 9.53 Å². The van der Waals surface area contributed by atoms with Gasteiger partial charge in [0.25, 0.3) is 5.91 Å². The van der Waals surface area contributed by atoms with Gasteiger partial charge in [-0.2, -0.15) is 4.99 Å². The molecule has 1 aliphatic rings. The monoisotopic (exact) mass is 296 g/mol. The van der Waals surface area contributed by atoms with Crippen molar-refractivity contribution in [3.63, 3.8) is 0 Å². The summed E-state index contributed by atoms with van der Waals surface area (Å²) in [5.41, 5.74) is 0.0779. The van der Waals surface area contributed by atoms with Crippen molar-refractivity contribution in [2.75, 3.05) is 13.7 Å². The molecule has 112 valence electrons. The van der Waals surface area contributed by atoms with Crippen LogP contribution in [0.4, 0.5) is 0 Å². The molecule has 1 aliphatic carbocycles. The number of nitrogens with zero attached hydrogens (tertiary/aromatic N) is 2. The Morgan fingerprint density at radius 1 is 1.40 bits per heavy atom. The number of ether oxygens (including phenoxy) is 1. The summed E-state index contributed by atoms with van der Waals surface area (Å²) in [5.74, 6) is 0.0290. The van der Waals surface area contributed by atoms with Gasteiger partial charge in [0.1, 0.15) is 0 Å². The molecule has 1 heterocycles. The largest absolute Gasteiger partial charge is 0.383 e. The number of methoxy groups -OCH3 is 1. The van der Waals surface area contributed by atoms with Crippen LogP contribution in [0.1, 0.15) is 32.6 Å². The Balaban J connectivity index is 2.26. The Kier molecular flexibility index (Phi) is 3.95. The number of aromatic nitrogens is 1. The molecule has 0 unspecified atom stereocenters. The molecule has 5 heteroatoms. The number of thiazole rings is 1. The minimum absolute atomic E-state index is 0.00742. The molecule has 2 rings (SSSR count). The molecule has 0 spiro atoms. The molecule has 20 heavy (non-hydrogen) atoms. The summed E-state index contributed by atoms with van der Waals surface area (Å²) in [6.07, 6.45) is 2.03. The van der Waals surface area contributed by atoms with Gasteiger partial charge in [0.2, 0.25) is 0 Å². The molecule has 1 saturated carbocycles. The van der Waals surface area contributed by atoms with E-state index in [1.807, 2.05) is 17.7 Å². The van der Waals surface area contributed by atoms with Crippen molar-refractivity contribution in [2.45, 2.75) is 41.2 Å². The van der Waals surface area contributed by atoms with E-state index in [0.717, 1.165) is 16.2 Å². The first-order valence-corrected chi connectivity index (χ1v) is 7.78. The fourth-order valence-corrected chi connectivity index (χ4v) is 3.78. The van der Waals surface area contributed by atoms with E-state index in [0.29, 0.717) is 6.61 Å².